The Morgan fingerprint density at radius 1 is 0.667 bits per heavy atom. The molecule has 0 bridgehead atoms. The normalized spacial score (nSPS) is 12.9. The van der Waals surface area contributed by atoms with E-state index < -0.39 is 5.60 Å². The van der Waals surface area contributed by atoms with Crippen molar-refractivity contribution in [2.75, 3.05) is 0 Å². The molecule has 1 unspecified atom stereocenters. The molecular formula is C29H20BrIO2. The van der Waals surface area contributed by atoms with E-state index >= 15 is 0 Å². The first-order chi connectivity index (χ1) is 16.1. The van der Waals surface area contributed by atoms with E-state index in [0.29, 0.717) is 11.3 Å². The second kappa shape index (κ2) is 9.29. The third-order valence-corrected chi connectivity index (χ3v) is 7.11. The summed E-state index contributed by atoms with van der Waals surface area (Å²) in [5, 5.41) is 14.7. The van der Waals surface area contributed by atoms with Gasteiger partial charge in [0.05, 0.1) is 0 Å². The van der Waals surface area contributed by atoms with Gasteiger partial charge in [-0.1, -0.05) is 94.8 Å². The van der Waals surface area contributed by atoms with Crippen molar-refractivity contribution in [3.8, 4) is 11.5 Å². The van der Waals surface area contributed by atoms with E-state index in [0.717, 1.165) is 35.7 Å². The van der Waals surface area contributed by atoms with Crippen LogP contribution in [0, 0.1) is 3.57 Å². The van der Waals surface area contributed by atoms with Crippen molar-refractivity contribution in [3.63, 3.8) is 0 Å². The minimum atomic E-state index is -1.44. The van der Waals surface area contributed by atoms with Gasteiger partial charge in [-0.2, -0.15) is 0 Å². The van der Waals surface area contributed by atoms with Crippen LogP contribution in [0.5, 0.6) is 11.5 Å². The minimum Gasteiger partial charge on any atom is -0.457 e. The zero-order chi connectivity index (χ0) is 22.8. The van der Waals surface area contributed by atoms with Crippen LogP contribution in [0.3, 0.4) is 0 Å². The fraction of sp³-hybridized carbons (Fsp3) is 0.0345. The fourth-order valence-corrected chi connectivity index (χ4v) is 5.24. The number of hydrogen-bond acceptors (Lipinski definition) is 2. The molecule has 0 saturated carbocycles. The van der Waals surface area contributed by atoms with Crippen LogP contribution in [-0.2, 0) is 5.60 Å². The Hall–Kier alpha value is -2.67. The van der Waals surface area contributed by atoms with Gasteiger partial charge in [-0.25, -0.2) is 0 Å². The van der Waals surface area contributed by atoms with E-state index in [2.05, 4.69) is 50.7 Å². The zero-order valence-electron chi connectivity index (χ0n) is 17.6. The molecule has 0 heterocycles. The predicted molar refractivity (Wildman–Crippen MR) is 146 cm³/mol. The summed E-state index contributed by atoms with van der Waals surface area (Å²) in [5.41, 5.74) is 0.828. The van der Waals surface area contributed by atoms with Gasteiger partial charge in [0.25, 0.3) is 0 Å². The average Bonchev–Trinajstić information content (AvgIpc) is 2.85. The molecule has 5 rings (SSSR count). The molecule has 0 aliphatic rings. The second-order valence-corrected chi connectivity index (χ2v) is 9.87. The van der Waals surface area contributed by atoms with Crippen molar-refractivity contribution in [1.29, 1.82) is 0 Å². The Labute approximate surface area is 215 Å². The third kappa shape index (κ3) is 4.19. The van der Waals surface area contributed by atoms with Crippen LogP contribution < -0.4 is 4.74 Å². The monoisotopic (exact) mass is 606 g/mol. The van der Waals surface area contributed by atoms with Gasteiger partial charge in [0, 0.05) is 19.2 Å². The summed E-state index contributed by atoms with van der Waals surface area (Å²) < 4.78 is 8.33. The highest BCUT2D eigenvalue weighted by molar-refractivity contribution is 14.1. The molecule has 0 saturated heterocycles. The first-order valence-corrected chi connectivity index (χ1v) is 12.4. The lowest BCUT2D eigenvalue weighted by molar-refractivity contribution is 0.124. The Balaban J connectivity index is 1.81. The molecule has 0 amide bonds. The fourth-order valence-electron chi connectivity index (χ4n) is 4.22. The standard InChI is InChI=1S/C29H20BrIO2/c30-27-18-17-25(23-13-4-5-14-24(23)27)29(32,20-9-8-10-21(31)19-20)26-15-6-7-16-28(26)33-22-11-2-1-3-12-22/h1-19,32H. The molecule has 0 aliphatic heterocycles. The lowest BCUT2D eigenvalue weighted by Crippen LogP contribution is -2.30. The van der Waals surface area contributed by atoms with Crippen molar-refractivity contribution in [2.24, 2.45) is 0 Å². The molecule has 33 heavy (non-hydrogen) atoms. The van der Waals surface area contributed by atoms with Crippen molar-refractivity contribution < 1.29 is 9.84 Å². The molecular weight excluding hydrogens is 587 g/mol. The van der Waals surface area contributed by atoms with Gasteiger partial charge in [-0.3, -0.25) is 0 Å². The van der Waals surface area contributed by atoms with Crippen molar-refractivity contribution >= 4 is 49.3 Å². The topological polar surface area (TPSA) is 29.5 Å². The van der Waals surface area contributed by atoms with E-state index in [4.69, 9.17) is 4.74 Å². The Bertz CT molecular complexity index is 1430. The highest BCUT2D eigenvalue weighted by Gasteiger charge is 2.38. The molecule has 4 heteroatoms. The Morgan fingerprint density at radius 2 is 1.36 bits per heavy atom. The quantitative estimate of drug-likeness (QED) is 0.161. The van der Waals surface area contributed by atoms with Gasteiger partial charge in [-0.15, -0.1) is 0 Å². The smallest absolute Gasteiger partial charge is 0.144 e. The van der Waals surface area contributed by atoms with Crippen LogP contribution in [-0.4, -0.2) is 5.11 Å². The van der Waals surface area contributed by atoms with Gasteiger partial charge in [0.15, 0.2) is 0 Å². The molecule has 0 fully saturated rings. The molecule has 2 nitrogen and oxygen atoms in total. The molecule has 1 atom stereocenters. The Kier molecular flexibility index (Phi) is 6.23. The number of hydrogen-bond donors (Lipinski definition) is 1. The van der Waals surface area contributed by atoms with Gasteiger partial charge in [0.1, 0.15) is 17.1 Å². The van der Waals surface area contributed by atoms with Crippen LogP contribution in [0.1, 0.15) is 16.7 Å². The van der Waals surface area contributed by atoms with Crippen molar-refractivity contribution in [3.05, 3.63) is 140 Å². The van der Waals surface area contributed by atoms with E-state index in [1.165, 1.54) is 0 Å². The lowest BCUT2D eigenvalue weighted by Gasteiger charge is -2.33. The van der Waals surface area contributed by atoms with Crippen LogP contribution in [0.15, 0.2) is 120 Å². The highest BCUT2D eigenvalue weighted by atomic mass is 127. The van der Waals surface area contributed by atoms with Crippen LogP contribution in [0.4, 0.5) is 0 Å². The summed E-state index contributed by atoms with van der Waals surface area (Å²) in [6, 6.07) is 37.5. The van der Waals surface area contributed by atoms with Gasteiger partial charge >= 0.3 is 0 Å². The number of benzene rings is 5. The number of ether oxygens (including phenoxy) is 1. The summed E-state index contributed by atoms with van der Waals surface area (Å²) >= 11 is 5.96. The summed E-state index contributed by atoms with van der Waals surface area (Å²) in [5.74, 6) is 1.33. The molecule has 1 N–H and O–H groups in total. The highest BCUT2D eigenvalue weighted by Crippen LogP contribution is 2.45. The first kappa shape index (κ1) is 22.1. The van der Waals surface area contributed by atoms with Crippen molar-refractivity contribution in [2.45, 2.75) is 5.60 Å². The number of fused-ring (bicyclic) bond motifs is 1. The van der Waals surface area contributed by atoms with E-state index in [9.17, 15) is 5.11 Å². The third-order valence-electron chi connectivity index (χ3n) is 5.75. The van der Waals surface area contributed by atoms with Crippen LogP contribution in [0.25, 0.3) is 10.8 Å². The lowest BCUT2D eigenvalue weighted by atomic mass is 9.78. The molecule has 5 aromatic rings. The zero-order valence-corrected chi connectivity index (χ0v) is 21.3. The number of aliphatic hydroxyl groups is 1. The molecule has 0 aromatic heterocycles. The number of halogens is 2. The summed E-state index contributed by atoms with van der Waals surface area (Å²) in [6.07, 6.45) is 0. The summed E-state index contributed by atoms with van der Waals surface area (Å²) in [4.78, 5) is 0. The first-order valence-electron chi connectivity index (χ1n) is 10.6. The van der Waals surface area contributed by atoms with Crippen molar-refractivity contribution in [1.82, 2.24) is 0 Å². The molecule has 162 valence electrons. The van der Waals surface area contributed by atoms with Crippen LogP contribution in [0.2, 0.25) is 0 Å². The second-order valence-electron chi connectivity index (χ2n) is 7.77. The molecule has 0 radical (unpaired) electrons. The SMILES string of the molecule is OC(c1cccc(I)c1)(c1ccccc1Oc1ccccc1)c1ccc(Br)c2ccccc12. The van der Waals surface area contributed by atoms with E-state index in [1.54, 1.807) is 0 Å². The molecule has 0 spiro atoms. The van der Waals surface area contributed by atoms with E-state index in [1.807, 2.05) is 103 Å². The maximum Gasteiger partial charge on any atom is 0.144 e. The molecule has 0 aliphatic carbocycles. The minimum absolute atomic E-state index is 0.608. The van der Waals surface area contributed by atoms with E-state index in [-0.39, 0.29) is 0 Å². The Morgan fingerprint density at radius 3 is 2.15 bits per heavy atom. The summed E-state index contributed by atoms with van der Waals surface area (Å²) in [7, 11) is 0. The maximum absolute atomic E-state index is 12.7. The average molecular weight is 607 g/mol. The molecule has 5 aromatic carbocycles. The number of rotatable bonds is 5. The maximum atomic E-state index is 12.7. The van der Waals surface area contributed by atoms with Gasteiger partial charge in [-0.05, 0) is 75.3 Å². The van der Waals surface area contributed by atoms with Gasteiger partial charge < -0.3 is 9.84 Å². The van der Waals surface area contributed by atoms with Crippen LogP contribution >= 0.6 is 38.5 Å². The number of para-hydroxylation sites is 2. The predicted octanol–water partition coefficient (Wildman–Crippen LogP) is 8.28. The van der Waals surface area contributed by atoms with Gasteiger partial charge in [0.2, 0.25) is 0 Å². The largest absolute Gasteiger partial charge is 0.457 e. The summed E-state index contributed by atoms with van der Waals surface area (Å²) in [6.45, 7) is 0.